The monoisotopic (exact) mass is 241 g/mol. The van der Waals surface area contributed by atoms with Crippen molar-refractivity contribution in [1.82, 2.24) is 10.2 Å². The Balaban J connectivity index is 2.06. The Bertz CT molecular complexity index is 236. The normalized spacial score (nSPS) is 18.8. The molecule has 0 aromatic rings. The van der Waals surface area contributed by atoms with Gasteiger partial charge in [0.05, 0.1) is 0 Å². The van der Waals surface area contributed by atoms with E-state index in [4.69, 9.17) is 5.21 Å². The first-order valence-corrected chi connectivity index (χ1v) is 6.50. The van der Waals surface area contributed by atoms with Gasteiger partial charge in [-0.15, -0.1) is 0 Å². The molecule has 0 unspecified atom stereocenters. The second-order valence-corrected chi connectivity index (χ2v) is 4.50. The Hall–Kier alpha value is -1.10. The molecule has 1 aliphatic rings. The van der Waals surface area contributed by atoms with Gasteiger partial charge in [0.15, 0.2) is 0 Å². The zero-order valence-electron chi connectivity index (χ0n) is 10.4. The molecule has 0 aromatic carbocycles. The number of rotatable bonds is 5. The molecule has 5 nitrogen and oxygen atoms in total. The summed E-state index contributed by atoms with van der Waals surface area (Å²) in [6, 6.07) is 0. The van der Waals surface area contributed by atoms with E-state index in [1.807, 2.05) is 0 Å². The molecule has 1 heterocycles. The molecule has 2 N–H and O–H groups in total. The van der Waals surface area contributed by atoms with E-state index in [0.29, 0.717) is 6.54 Å². The van der Waals surface area contributed by atoms with E-state index in [0.717, 1.165) is 19.2 Å². The van der Waals surface area contributed by atoms with Crippen molar-refractivity contribution in [3.63, 3.8) is 0 Å². The fourth-order valence-corrected chi connectivity index (χ4v) is 2.15. The molecule has 0 spiro atoms. The maximum Gasteiger partial charge on any atom is 0.265 e. The molecule has 1 rings (SSSR count). The Morgan fingerprint density at radius 2 is 1.88 bits per heavy atom. The highest BCUT2D eigenvalue weighted by Gasteiger charge is 2.07. The molecule has 17 heavy (non-hydrogen) atoms. The summed E-state index contributed by atoms with van der Waals surface area (Å²) in [5.41, 5.74) is 0. The molecule has 1 amide bonds. The number of amides is 1. The van der Waals surface area contributed by atoms with Crippen LogP contribution in [-0.2, 0) is 4.79 Å². The first kappa shape index (κ1) is 14.0. The Morgan fingerprint density at radius 1 is 1.24 bits per heavy atom. The summed E-state index contributed by atoms with van der Waals surface area (Å²) in [6.07, 6.45) is 8.50. The lowest BCUT2D eigenvalue weighted by Crippen LogP contribution is -2.32. The van der Waals surface area contributed by atoms with Crippen LogP contribution in [0.15, 0.2) is 5.16 Å². The standard InChI is InChI=1S/C12H23N3O2/c16-12(11-14-17)13-7-6-10-15-8-4-2-1-3-5-9-15/h11,17H,1-10H2,(H,13,16)/b14-11+. The van der Waals surface area contributed by atoms with Gasteiger partial charge < -0.3 is 15.4 Å². The molecule has 1 aliphatic heterocycles. The Labute approximate surface area is 103 Å². The maximum absolute atomic E-state index is 11.0. The topological polar surface area (TPSA) is 64.9 Å². The third kappa shape index (κ3) is 6.94. The van der Waals surface area contributed by atoms with E-state index < -0.39 is 0 Å². The van der Waals surface area contributed by atoms with Crippen LogP contribution in [0.25, 0.3) is 0 Å². The second kappa shape index (κ2) is 8.98. The van der Waals surface area contributed by atoms with Crippen molar-refractivity contribution in [1.29, 1.82) is 0 Å². The number of nitrogens with zero attached hydrogens (tertiary/aromatic N) is 2. The quantitative estimate of drug-likeness (QED) is 0.329. The van der Waals surface area contributed by atoms with Crippen LogP contribution in [0.1, 0.15) is 38.5 Å². The molecule has 0 aliphatic carbocycles. The van der Waals surface area contributed by atoms with Gasteiger partial charge in [-0.1, -0.05) is 24.4 Å². The number of oxime groups is 1. The molecule has 0 atom stereocenters. The van der Waals surface area contributed by atoms with Crippen molar-refractivity contribution < 1.29 is 10.0 Å². The van der Waals surface area contributed by atoms with E-state index in [1.54, 1.807) is 0 Å². The molecule has 0 aromatic heterocycles. The van der Waals surface area contributed by atoms with Crippen molar-refractivity contribution >= 4 is 12.1 Å². The van der Waals surface area contributed by atoms with Crippen LogP contribution in [0.2, 0.25) is 0 Å². The lowest BCUT2D eigenvalue weighted by Gasteiger charge is -2.24. The molecule has 0 saturated carbocycles. The summed E-state index contributed by atoms with van der Waals surface area (Å²) in [5.74, 6) is -0.333. The van der Waals surface area contributed by atoms with Gasteiger partial charge in [0, 0.05) is 6.54 Å². The highest BCUT2D eigenvalue weighted by molar-refractivity contribution is 6.25. The van der Waals surface area contributed by atoms with Crippen molar-refractivity contribution in [3.05, 3.63) is 0 Å². The van der Waals surface area contributed by atoms with E-state index in [-0.39, 0.29) is 5.91 Å². The summed E-state index contributed by atoms with van der Waals surface area (Å²) >= 11 is 0. The third-order valence-electron chi connectivity index (χ3n) is 3.07. The number of hydrogen-bond donors (Lipinski definition) is 2. The van der Waals surface area contributed by atoms with Gasteiger partial charge in [0.25, 0.3) is 5.91 Å². The fourth-order valence-electron chi connectivity index (χ4n) is 2.15. The van der Waals surface area contributed by atoms with Crippen LogP contribution in [-0.4, -0.2) is 48.4 Å². The van der Waals surface area contributed by atoms with E-state index >= 15 is 0 Å². The third-order valence-corrected chi connectivity index (χ3v) is 3.07. The summed E-state index contributed by atoms with van der Waals surface area (Å²) in [7, 11) is 0. The zero-order chi connectivity index (χ0) is 12.3. The average Bonchev–Trinajstić information content (AvgIpc) is 2.26. The molecule has 0 radical (unpaired) electrons. The lowest BCUT2D eigenvalue weighted by molar-refractivity contribution is -0.114. The van der Waals surface area contributed by atoms with Crippen molar-refractivity contribution in [2.75, 3.05) is 26.2 Å². The second-order valence-electron chi connectivity index (χ2n) is 4.50. The van der Waals surface area contributed by atoms with Crippen LogP contribution in [0.4, 0.5) is 0 Å². The molecule has 1 fully saturated rings. The number of likely N-dealkylation sites (tertiary alicyclic amines) is 1. The number of carbonyl (C=O) groups excluding carboxylic acids is 1. The fraction of sp³-hybridized carbons (Fsp3) is 0.833. The molecular formula is C12H23N3O2. The summed E-state index contributed by atoms with van der Waals surface area (Å²) in [6.45, 7) is 4.05. The van der Waals surface area contributed by atoms with Gasteiger partial charge in [0.1, 0.15) is 6.21 Å². The molecule has 1 saturated heterocycles. The smallest absolute Gasteiger partial charge is 0.265 e. The zero-order valence-corrected chi connectivity index (χ0v) is 10.4. The highest BCUT2D eigenvalue weighted by atomic mass is 16.4. The molecule has 5 heteroatoms. The van der Waals surface area contributed by atoms with Crippen molar-refractivity contribution in [3.8, 4) is 0 Å². The number of carbonyl (C=O) groups is 1. The minimum Gasteiger partial charge on any atom is -0.411 e. The van der Waals surface area contributed by atoms with Crippen molar-refractivity contribution in [2.45, 2.75) is 38.5 Å². The Morgan fingerprint density at radius 3 is 2.53 bits per heavy atom. The molecule has 0 bridgehead atoms. The van der Waals surface area contributed by atoms with Gasteiger partial charge in [-0.25, -0.2) is 0 Å². The maximum atomic E-state index is 11.0. The lowest BCUT2D eigenvalue weighted by atomic mass is 10.1. The van der Waals surface area contributed by atoms with E-state index in [1.165, 1.54) is 45.2 Å². The first-order valence-electron chi connectivity index (χ1n) is 6.50. The van der Waals surface area contributed by atoms with Gasteiger partial charge in [-0.2, -0.15) is 0 Å². The predicted octanol–water partition coefficient (Wildman–Crippen LogP) is 1.22. The van der Waals surface area contributed by atoms with Crippen LogP contribution in [0.5, 0.6) is 0 Å². The van der Waals surface area contributed by atoms with Crippen LogP contribution >= 0.6 is 0 Å². The van der Waals surface area contributed by atoms with Gasteiger partial charge in [-0.3, -0.25) is 4.79 Å². The first-order chi connectivity index (χ1) is 8.33. The Kier molecular flexibility index (Phi) is 7.38. The minimum atomic E-state index is -0.333. The summed E-state index contributed by atoms with van der Waals surface area (Å²) < 4.78 is 0. The molecular weight excluding hydrogens is 218 g/mol. The summed E-state index contributed by atoms with van der Waals surface area (Å²) in [4.78, 5) is 13.4. The highest BCUT2D eigenvalue weighted by Crippen LogP contribution is 2.10. The van der Waals surface area contributed by atoms with Crippen LogP contribution in [0, 0.1) is 0 Å². The van der Waals surface area contributed by atoms with Crippen molar-refractivity contribution in [2.24, 2.45) is 5.16 Å². The summed E-state index contributed by atoms with van der Waals surface area (Å²) in [5, 5.41) is 13.5. The number of nitrogens with one attached hydrogen (secondary N) is 1. The minimum absolute atomic E-state index is 0.333. The average molecular weight is 241 g/mol. The van der Waals surface area contributed by atoms with Gasteiger partial charge in [-0.05, 0) is 38.9 Å². The SMILES string of the molecule is O=C(/C=N/O)NCCCN1CCCCCCC1. The van der Waals surface area contributed by atoms with Gasteiger partial charge in [0.2, 0.25) is 0 Å². The largest absolute Gasteiger partial charge is 0.411 e. The number of hydrogen-bond acceptors (Lipinski definition) is 4. The van der Waals surface area contributed by atoms with E-state index in [9.17, 15) is 4.79 Å². The molecule has 98 valence electrons. The van der Waals surface area contributed by atoms with E-state index in [2.05, 4.69) is 15.4 Å². The van der Waals surface area contributed by atoms with Crippen LogP contribution < -0.4 is 5.32 Å². The predicted molar refractivity (Wildman–Crippen MR) is 67.4 cm³/mol. The van der Waals surface area contributed by atoms with Gasteiger partial charge >= 0.3 is 0 Å². The van der Waals surface area contributed by atoms with Crippen LogP contribution in [0.3, 0.4) is 0 Å².